The first-order valence-corrected chi connectivity index (χ1v) is 17.7. The van der Waals surface area contributed by atoms with E-state index < -0.39 is 0 Å². The van der Waals surface area contributed by atoms with Crippen LogP contribution in [0.4, 0.5) is 0 Å². The van der Waals surface area contributed by atoms with E-state index in [2.05, 4.69) is 174 Å². The Morgan fingerprint density at radius 1 is 0.500 bits per heavy atom. The predicted molar refractivity (Wildman–Crippen MR) is 209 cm³/mol. The molecule has 0 saturated heterocycles. The first kappa shape index (κ1) is 29.0. The minimum atomic E-state index is -0.261. The fourth-order valence-electron chi connectivity index (χ4n) is 7.26. The van der Waals surface area contributed by atoms with E-state index in [1.165, 1.54) is 48.0 Å². The molecule has 50 heavy (non-hydrogen) atoms. The maximum absolute atomic E-state index is 6.33. The molecule has 0 bridgehead atoms. The molecule has 2 atom stereocenters. The number of benzene rings is 7. The van der Waals surface area contributed by atoms with Crippen LogP contribution in [0.15, 0.2) is 173 Å². The first-order chi connectivity index (χ1) is 24.7. The quantitative estimate of drug-likeness (QED) is 0.193. The number of nitrogens with zero attached hydrogens (tertiary/aromatic N) is 1. The Hall–Kier alpha value is -6.01. The highest BCUT2D eigenvalue weighted by Crippen LogP contribution is 2.40. The summed E-state index contributed by atoms with van der Waals surface area (Å²) in [4.78, 5) is 5.35. The second kappa shape index (κ2) is 11.8. The van der Waals surface area contributed by atoms with Gasteiger partial charge in [0.05, 0.1) is 0 Å². The number of rotatable bonds is 5. The van der Waals surface area contributed by atoms with Crippen LogP contribution in [-0.4, -0.2) is 5.84 Å². The van der Waals surface area contributed by atoms with E-state index in [0.29, 0.717) is 0 Å². The molecule has 0 saturated carbocycles. The Labute approximate surface area is 293 Å². The highest BCUT2D eigenvalue weighted by atomic mass is 32.1. The van der Waals surface area contributed by atoms with Crippen molar-refractivity contribution < 1.29 is 4.42 Å². The minimum absolute atomic E-state index is 0.197. The van der Waals surface area contributed by atoms with Gasteiger partial charge in [-0.1, -0.05) is 133 Å². The molecular weight excluding hydrogens is 631 g/mol. The number of hydrogen-bond donors (Lipinski definition) is 2. The van der Waals surface area contributed by atoms with E-state index in [4.69, 9.17) is 9.41 Å². The Morgan fingerprint density at radius 3 is 1.92 bits per heavy atom. The summed E-state index contributed by atoms with van der Waals surface area (Å²) < 4.78 is 8.88. The lowest BCUT2D eigenvalue weighted by molar-refractivity contribution is 0.411. The fourth-order valence-corrected chi connectivity index (χ4v) is 8.50. The van der Waals surface area contributed by atoms with Crippen molar-refractivity contribution in [3.63, 3.8) is 0 Å². The molecule has 0 radical (unpaired) electrons. The van der Waals surface area contributed by atoms with Gasteiger partial charge >= 0.3 is 0 Å². The van der Waals surface area contributed by atoms with Gasteiger partial charge in [0.25, 0.3) is 0 Å². The van der Waals surface area contributed by atoms with Gasteiger partial charge in [-0.3, -0.25) is 5.32 Å². The smallest absolute Gasteiger partial charge is 0.135 e. The molecule has 4 nitrogen and oxygen atoms in total. The van der Waals surface area contributed by atoms with Crippen LogP contribution in [0.1, 0.15) is 29.0 Å². The average molecular weight is 662 g/mol. The van der Waals surface area contributed by atoms with Gasteiger partial charge in [-0.15, -0.1) is 11.3 Å². The van der Waals surface area contributed by atoms with Gasteiger partial charge in [0, 0.05) is 42.1 Å². The SMILES string of the molecule is c1ccc(-c2ccc(C3=NC(c4cccc5c4sc4ccccc45)NC(c4ccc5oc6ccc(-c7ccccc7)cc6c5c4)N3)cc2)cc1. The van der Waals surface area contributed by atoms with E-state index in [-0.39, 0.29) is 12.3 Å². The van der Waals surface area contributed by atoms with Crippen LogP contribution in [0, 0.1) is 0 Å². The van der Waals surface area contributed by atoms with Gasteiger partial charge in [-0.2, -0.15) is 0 Å². The number of furan rings is 1. The number of fused-ring (bicyclic) bond motifs is 6. The molecule has 2 aromatic heterocycles. The Kier molecular flexibility index (Phi) is 6.86. The maximum atomic E-state index is 6.33. The molecule has 0 amide bonds. The summed E-state index contributed by atoms with van der Waals surface area (Å²) in [6.07, 6.45) is -0.458. The van der Waals surface area contributed by atoms with Crippen LogP contribution in [0.3, 0.4) is 0 Å². The van der Waals surface area contributed by atoms with Gasteiger partial charge in [0.2, 0.25) is 0 Å². The summed E-state index contributed by atoms with van der Waals surface area (Å²) >= 11 is 1.84. The highest BCUT2D eigenvalue weighted by molar-refractivity contribution is 7.26. The van der Waals surface area contributed by atoms with E-state index in [9.17, 15) is 0 Å². The molecule has 0 spiro atoms. The van der Waals surface area contributed by atoms with E-state index in [1.54, 1.807) is 0 Å². The summed E-state index contributed by atoms with van der Waals surface area (Å²) in [5.74, 6) is 0.861. The molecule has 1 aliphatic heterocycles. The van der Waals surface area contributed by atoms with Crippen LogP contribution in [0.2, 0.25) is 0 Å². The third kappa shape index (κ3) is 4.98. The third-order valence-corrected chi connectivity index (χ3v) is 11.0. The van der Waals surface area contributed by atoms with Crippen molar-refractivity contribution in [2.24, 2.45) is 4.99 Å². The maximum Gasteiger partial charge on any atom is 0.135 e. The number of hydrogen-bond acceptors (Lipinski definition) is 5. The molecule has 3 heterocycles. The standard InChI is InChI=1S/C45H31N3OS/c1-3-10-28(11-4-1)30-18-20-31(21-19-30)43-46-44(48-45(47-43)36-16-9-15-35-34-14-7-8-17-41(34)50-42(35)36)33-23-25-40-38(27-33)37-26-32(22-24-39(37)49-40)29-12-5-2-6-13-29/h1-27,44-45,48H,(H,46,47). The van der Waals surface area contributed by atoms with Crippen molar-refractivity contribution in [3.05, 3.63) is 180 Å². The van der Waals surface area contributed by atoms with Crippen LogP contribution in [0.5, 0.6) is 0 Å². The number of amidine groups is 1. The molecule has 10 rings (SSSR count). The van der Waals surface area contributed by atoms with E-state index in [1.807, 2.05) is 11.3 Å². The van der Waals surface area contributed by atoms with Crippen molar-refractivity contribution >= 4 is 59.3 Å². The Balaban J connectivity index is 1.09. The largest absolute Gasteiger partial charge is 0.456 e. The molecule has 7 aromatic carbocycles. The van der Waals surface area contributed by atoms with Crippen LogP contribution >= 0.6 is 11.3 Å². The van der Waals surface area contributed by atoms with Crippen molar-refractivity contribution in [1.29, 1.82) is 0 Å². The monoisotopic (exact) mass is 661 g/mol. The number of nitrogens with one attached hydrogen (secondary N) is 2. The zero-order chi connectivity index (χ0) is 33.0. The van der Waals surface area contributed by atoms with Gasteiger partial charge in [-0.05, 0) is 58.1 Å². The second-order valence-corrected chi connectivity index (χ2v) is 13.9. The van der Waals surface area contributed by atoms with Crippen LogP contribution < -0.4 is 10.6 Å². The summed E-state index contributed by atoms with van der Waals surface area (Å²) in [5, 5.41) is 12.4. The summed E-state index contributed by atoms with van der Waals surface area (Å²) in [7, 11) is 0. The van der Waals surface area contributed by atoms with Crippen molar-refractivity contribution in [2.45, 2.75) is 12.3 Å². The van der Waals surface area contributed by atoms with Crippen LogP contribution in [-0.2, 0) is 0 Å². The van der Waals surface area contributed by atoms with Crippen molar-refractivity contribution in [1.82, 2.24) is 10.6 Å². The molecule has 9 aromatic rings. The lowest BCUT2D eigenvalue weighted by Gasteiger charge is -2.32. The molecular formula is C45H31N3OS. The normalized spacial score (nSPS) is 16.2. The van der Waals surface area contributed by atoms with Gasteiger partial charge in [0.1, 0.15) is 29.3 Å². The summed E-state index contributed by atoms with van der Waals surface area (Å²) in [6.45, 7) is 0. The van der Waals surface area contributed by atoms with E-state index in [0.717, 1.165) is 38.9 Å². The minimum Gasteiger partial charge on any atom is -0.456 e. The lowest BCUT2D eigenvalue weighted by Crippen LogP contribution is -2.45. The van der Waals surface area contributed by atoms with Gasteiger partial charge in [-0.25, -0.2) is 4.99 Å². The molecule has 2 N–H and O–H groups in total. The Bertz CT molecular complexity index is 2710. The third-order valence-electron chi connectivity index (χ3n) is 9.79. The van der Waals surface area contributed by atoms with Crippen molar-refractivity contribution in [2.75, 3.05) is 0 Å². The zero-order valence-corrected chi connectivity index (χ0v) is 27.8. The number of thiophene rings is 1. The molecule has 0 fully saturated rings. The second-order valence-electron chi connectivity index (χ2n) is 12.8. The first-order valence-electron chi connectivity index (χ1n) is 16.9. The van der Waals surface area contributed by atoms with Crippen molar-refractivity contribution in [3.8, 4) is 22.3 Å². The topological polar surface area (TPSA) is 49.6 Å². The fraction of sp³-hybridized carbons (Fsp3) is 0.0444. The average Bonchev–Trinajstić information content (AvgIpc) is 3.76. The molecule has 1 aliphatic rings. The van der Waals surface area contributed by atoms with E-state index >= 15 is 0 Å². The highest BCUT2D eigenvalue weighted by Gasteiger charge is 2.28. The number of aliphatic imine (C=N–C) groups is 1. The molecule has 5 heteroatoms. The van der Waals surface area contributed by atoms with Gasteiger partial charge in [0.15, 0.2) is 0 Å². The molecule has 0 aliphatic carbocycles. The molecule has 238 valence electrons. The Morgan fingerprint density at radius 2 is 1.12 bits per heavy atom. The lowest BCUT2D eigenvalue weighted by atomic mass is 10.0. The zero-order valence-electron chi connectivity index (χ0n) is 27.0. The summed E-state index contributed by atoms with van der Waals surface area (Å²) in [6, 6.07) is 57.9. The summed E-state index contributed by atoms with van der Waals surface area (Å²) in [5.41, 5.74) is 9.84. The van der Waals surface area contributed by atoms with Crippen LogP contribution in [0.25, 0.3) is 64.4 Å². The predicted octanol–water partition coefficient (Wildman–Crippen LogP) is 11.6. The molecule has 2 unspecified atom stereocenters. The van der Waals surface area contributed by atoms with Gasteiger partial charge < -0.3 is 9.73 Å².